The molecule has 14 heavy (non-hydrogen) atoms. The molecule has 0 spiro atoms. The lowest BCUT2D eigenvalue weighted by Crippen LogP contribution is -2.28. The maximum Gasteiger partial charge on any atom is 0.225 e. The van der Waals surface area contributed by atoms with Crippen LogP contribution in [0.3, 0.4) is 0 Å². The monoisotopic (exact) mass is 194 g/mol. The summed E-state index contributed by atoms with van der Waals surface area (Å²) in [5.74, 6) is 0. The molecule has 0 saturated carbocycles. The minimum atomic E-state index is 1.07. The molecule has 1 N–H and O–H groups in total. The van der Waals surface area contributed by atoms with Gasteiger partial charge in [0.2, 0.25) is 12.4 Å². The molecule has 0 aromatic carbocycles. The third-order valence-corrected chi connectivity index (χ3v) is 2.42. The number of aryl methyl sites for hydroxylation is 1. The van der Waals surface area contributed by atoms with Crippen LogP contribution in [-0.4, -0.2) is 5.21 Å². The van der Waals surface area contributed by atoms with Crippen molar-refractivity contribution in [1.29, 1.82) is 0 Å². The van der Waals surface area contributed by atoms with Gasteiger partial charge in [-0.1, -0.05) is 32.6 Å². The van der Waals surface area contributed by atoms with E-state index in [0.717, 1.165) is 11.2 Å². The molecule has 78 valence electrons. The van der Waals surface area contributed by atoms with Crippen LogP contribution in [0.15, 0.2) is 24.5 Å². The molecule has 2 nitrogen and oxygen atoms in total. The number of hydrogen-bond acceptors (Lipinski definition) is 1. The van der Waals surface area contributed by atoms with Gasteiger partial charge in [-0.3, -0.25) is 5.21 Å². The van der Waals surface area contributed by atoms with Gasteiger partial charge in [0.05, 0.1) is 0 Å². The van der Waals surface area contributed by atoms with Gasteiger partial charge in [0.15, 0.2) is 0 Å². The summed E-state index contributed by atoms with van der Waals surface area (Å²) >= 11 is 0. The van der Waals surface area contributed by atoms with Crippen molar-refractivity contribution in [2.45, 2.75) is 45.4 Å². The first-order valence-electron chi connectivity index (χ1n) is 5.52. The second kappa shape index (κ2) is 6.41. The maximum atomic E-state index is 9.17. The predicted octanol–water partition coefficient (Wildman–Crippen LogP) is 2.72. The SMILES string of the molecule is CCCCCCCc1ccc[n+](O)c1. The molecular formula is C12H20NO+. The molecule has 0 fully saturated rings. The van der Waals surface area contributed by atoms with Gasteiger partial charge < -0.3 is 0 Å². The Morgan fingerprint density at radius 3 is 2.71 bits per heavy atom. The molecule has 0 bridgehead atoms. The van der Waals surface area contributed by atoms with Gasteiger partial charge in [-0.05, 0) is 18.9 Å². The lowest BCUT2D eigenvalue weighted by Gasteiger charge is -1.98. The van der Waals surface area contributed by atoms with Crippen LogP contribution < -0.4 is 4.73 Å². The molecule has 0 atom stereocenters. The van der Waals surface area contributed by atoms with Gasteiger partial charge in [0.25, 0.3) is 0 Å². The smallest absolute Gasteiger partial charge is 0.225 e. The zero-order valence-corrected chi connectivity index (χ0v) is 8.95. The lowest BCUT2D eigenvalue weighted by atomic mass is 10.1. The highest BCUT2D eigenvalue weighted by atomic mass is 16.5. The summed E-state index contributed by atoms with van der Waals surface area (Å²) in [6, 6.07) is 3.94. The van der Waals surface area contributed by atoms with Crippen LogP contribution in [0.25, 0.3) is 0 Å². The summed E-state index contributed by atoms with van der Waals surface area (Å²) < 4.78 is 1.13. The van der Waals surface area contributed by atoms with E-state index in [4.69, 9.17) is 0 Å². The molecule has 0 amide bonds. The van der Waals surface area contributed by atoms with Gasteiger partial charge in [-0.2, -0.15) is 0 Å². The van der Waals surface area contributed by atoms with E-state index in [-0.39, 0.29) is 0 Å². The minimum Gasteiger partial charge on any atom is -0.285 e. The summed E-state index contributed by atoms with van der Waals surface area (Å²) in [5.41, 5.74) is 1.21. The van der Waals surface area contributed by atoms with Crippen molar-refractivity contribution in [1.82, 2.24) is 0 Å². The molecule has 0 saturated heterocycles. The Bertz CT molecular complexity index is 260. The van der Waals surface area contributed by atoms with Crippen molar-refractivity contribution < 1.29 is 9.94 Å². The molecule has 1 aromatic heterocycles. The normalized spacial score (nSPS) is 10.4. The van der Waals surface area contributed by atoms with Crippen LogP contribution in [-0.2, 0) is 6.42 Å². The highest BCUT2D eigenvalue weighted by Gasteiger charge is 1.99. The van der Waals surface area contributed by atoms with Gasteiger partial charge in [0.1, 0.15) is 0 Å². The minimum absolute atomic E-state index is 1.07. The number of rotatable bonds is 6. The van der Waals surface area contributed by atoms with Crippen LogP contribution in [0, 0.1) is 0 Å². The Labute approximate surface area is 86.2 Å². The summed E-state index contributed by atoms with van der Waals surface area (Å²) in [6.45, 7) is 2.23. The summed E-state index contributed by atoms with van der Waals surface area (Å²) in [7, 11) is 0. The van der Waals surface area contributed by atoms with Gasteiger partial charge in [0, 0.05) is 16.4 Å². The van der Waals surface area contributed by atoms with Crippen LogP contribution in [0.5, 0.6) is 0 Å². The fraction of sp³-hybridized carbons (Fsp3) is 0.583. The fourth-order valence-electron chi connectivity index (χ4n) is 1.59. The van der Waals surface area contributed by atoms with E-state index in [1.54, 1.807) is 12.4 Å². The first-order valence-corrected chi connectivity index (χ1v) is 5.52. The highest BCUT2D eigenvalue weighted by molar-refractivity contribution is 5.04. The zero-order valence-electron chi connectivity index (χ0n) is 8.95. The number of pyridine rings is 1. The van der Waals surface area contributed by atoms with Gasteiger partial charge in [-0.15, -0.1) is 0 Å². The predicted molar refractivity (Wildman–Crippen MR) is 56.3 cm³/mol. The van der Waals surface area contributed by atoms with E-state index >= 15 is 0 Å². The Hall–Kier alpha value is -1.05. The van der Waals surface area contributed by atoms with Crippen molar-refractivity contribution in [2.75, 3.05) is 0 Å². The van der Waals surface area contributed by atoms with E-state index in [0.29, 0.717) is 0 Å². The quantitative estimate of drug-likeness (QED) is 0.420. The molecule has 1 rings (SSSR count). The van der Waals surface area contributed by atoms with Crippen LogP contribution in [0.1, 0.15) is 44.6 Å². The average Bonchev–Trinajstić information content (AvgIpc) is 2.18. The average molecular weight is 194 g/mol. The van der Waals surface area contributed by atoms with Crippen molar-refractivity contribution in [3.8, 4) is 0 Å². The molecule has 0 radical (unpaired) electrons. The van der Waals surface area contributed by atoms with Gasteiger partial charge in [-0.25, -0.2) is 0 Å². The zero-order chi connectivity index (χ0) is 10.2. The van der Waals surface area contributed by atoms with E-state index < -0.39 is 0 Å². The van der Waals surface area contributed by atoms with Crippen molar-refractivity contribution in [3.05, 3.63) is 30.1 Å². The third kappa shape index (κ3) is 4.26. The molecule has 0 aliphatic carbocycles. The second-order valence-electron chi connectivity index (χ2n) is 3.76. The first-order chi connectivity index (χ1) is 6.83. The Kier molecular flexibility index (Phi) is 5.05. The Morgan fingerprint density at radius 2 is 2.00 bits per heavy atom. The summed E-state index contributed by atoms with van der Waals surface area (Å²) in [4.78, 5) is 0. The summed E-state index contributed by atoms with van der Waals surface area (Å²) in [5, 5.41) is 9.17. The molecule has 2 heteroatoms. The number of hydrogen-bond donors (Lipinski definition) is 1. The number of unbranched alkanes of at least 4 members (excludes halogenated alkanes) is 4. The highest BCUT2D eigenvalue weighted by Crippen LogP contribution is 2.06. The largest absolute Gasteiger partial charge is 0.285 e. The Balaban J connectivity index is 2.18. The van der Waals surface area contributed by atoms with E-state index in [1.165, 1.54) is 37.7 Å². The van der Waals surface area contributed by atoms with E-state index in [2.05, 4.69) is 13.0 Å². The summed E-state index contributed by atoms with van der Waals surface area (Å²) in [6.07, 6.45) is 11.0. The van der Waals surface area contributed by atoms with Crippen molar-refractivity contribution in [2.24, 2.45) is 0 Å². The van der Waals surface area contributed by atoms with Crippen molar-refractivity contribution >= 4 is 0 Å². The molecule has 0 aliphatic rings. The molecular weight excluding hydrogens is 174 g/mol. The maximum absolute atomic E-state index is 9.17. The Morgan fingerprint density at radius 1 is 1.21 bits per heavy atom. The standard InChI is InChI=1S/C12H20NO/c1-2-3-4-5-6-8-12-9-7-10-13(14)11-12/h7,9-11,14H,2-6,8H2,1H3/q+1. The van der Waals surface area contributed by atoms with Crippen LogP contribution >= 0.6 is 0 Å². The van der Waals surface area contributed by atoms with Crippen molar-refractivity contribution in [3.63, 3.8) is 0 Å². The van der Waals surface area contributed by atoms with Crippen LogP contribution in [0.2, 0.25) is 0 Å². The lowest BCUT2D eigenvalue weighted by molar-refractivity contribution is -0.905. The molecule has 0 aliphatic heterocycles. The number of nitrogens with zero attached hydrogens (tertiary/aromatic N) is 1. The third-order valence-electron chi connectivity index (χ3n) is 2.42. The van der Waals surface area contributed by atoms with Crippen LogP contribution in [0.4, 0.5) is 0 Å². The topological polar surface area (TPSA) is 24.1 Å². The van der Waals surface area contributed by atoms with E-state index in [1.807, 2.05) is 6.07 Å². The fourth-order valence-corrected chi connectivity index (χ4v) is 1.59. The van der Waals surface area contributed by atoms with Gasteiger partial charge >= 0.3 is 0 Å². The number of aromatic nitrogens is 1. The molecule has 1 heterocycles. The molecule has 0 unspecified atom stereocenters. The van der Waals surface area contributed by atoms with E-state index in [9.17, 15) is 5.21 Å². The second-order valence-corrected chi connectivity index (χ2v) is 3.76. The first kappa shape index (κ1) is 11.0. The molecule has 1 aromatic rings.